The molecule has 0 aliphatic rings. The van der Waals surface area contributed by atoms with Gasteiger partial charge in [-0.15, -0.1) is 0 Å². The molecule has 0 spiro atoms. The van der Waals surface area contributed by atoms with Gasteiger partial charge in [0, 0.05) is 47.7 Å². The van der Waals surface area contributed by atoms with Gasteiger partial charge in [0.2, 0.25) is 21.8 Å². The Morgan fingerprint density at radius 1 is 1.00 bits per heavy atom. The molecule has 2 rings (SSSR count). The summed E-state index contributed by atoms with van der Waals surface area (Å²) in [6.07, 6.45) is 0.722. The number of nitrogens with one attached hydrogen (secondary N) is 1. The van der Waals surface area contributed by atoms with Crippen LogP contribution in [0.1, 0.15) is 52.5 Å². The minimum Gasteiger partial charge on any atom is -0.350 e. The van der Waals surface area contributed by atoms with E-state index in [1.165, 1.54) is 28.4 Å². The maximum Gasteiger partial charge on any atom is 0.243 e. The first-order valence-electron chi connectivity index (χ1n) is 11.8. The zero-order valence-electron chi connectivity index (χ0n) is 21.4. The Balaban J connectivity index is 2.21. The molecule has 0 saturated heterocycles. The van der Waals surface area contributed by atoms with E-state index in [1.54, 1.807) is 36.4 Å². The molecule has 1 N–H and O–H groups in total. The average molecular weight is 557 g/mol. The lowest BCUT2D eigenvalue weighted by Gasteiger charge is -2.33. The van der Waals surface area contributed by atoms with E-state index in [-0.39, 0.29) is 42.6 Å². The molecule has 1 atom stereocenters. The van der Waals surface area contributed by atoms with Gasteiger partial charge in [0.15, 0.2) is 0 Å². The Morgan fingerprint density at radius 3 is 2.11 bits per heavy atom. The van der Waals surface area contributed by atoms with Crippen LogP contribution in [-0.2, 0) is 26.2 Å². The SMILES string of the molecule is CCC(C(=O)NC(C)(C)C)N(Cc1c(Cl)cccc1Cl)C(=O)CCCN(C)S(=O)(=O)c1ccccc1. The van der Waals surface area contributed by atoms with Crippen molar-refractivity contribution < 1.29 is 18.0 Å². The molecule has 0 saturated carbocycles. The topological polar surface area (TPSA) is 86.8 Å². The van der Waals surface area contributed by atoms with E-state index in [1.807, 2.05) is 27.7 Å². The molecule has 10 heteroatoms. The zero-order chi connectivity index (χ0) is 27.1. The first-order chi connectivity index (χ1) is 16.8. The highest BCUT2D eigenvalue weighted by atomic mass is 35.5. The Morgan fingerprint density at radius 2 is 1.58 bits per heavy atom. The number of nitrogens with zero attached hydrogens (tertiary/aromatic N) is 2. The van der Waals surface area contributed by atoms with Gasteiger partial charge < -0.3 is 10.2 Å². The first kappa shape index (κ1) is 30.1. The molecule has 2 amide bonds. The van der Waals surface area contributed by atoms with Crippen molar-refractivity contribution in [2.24, 2.45) is 0 Å². The van der Waals surface area contributed by atoms with Gasteiger partial charge in [-0.25, -0.2) is 12.7 Å². The Kier molecular flexibility index (Phi) is 10.8. The van der Waals surface area contributed by atoms with Crippen LogP contribution in [0.5, 0.6) is 0 Å². The number of carbonyl (C=O) groups is 2. The van der Waals surface area contributed by atoms with Gasteiger partial charge in [-0.1, -0.05) is 54.4 Å². The maximum absolute atomic E-state index is 13.4. The molecule has 0 heterocycles. The number of amides is 2. The van der Waals surface area contributed by atoms with Crippen molar-refractivity contribution in [2.45, 2.75) is 70.0 Å². The van der Waals surface area contributed by atoms with Gasteiger partial charge in [-0.2, -0.15) is 0 Å². The molecule has 0 aliphatic carbocycles. The molecule has 7 nitrogen and oxygen atoms in total. The molecule has 2 aromatic rings. The Hall–Kier alpha value is -2.13. The molecule has 36 heavy (non-hydrogen) atoms. The molecule has 0 aromatic heterocycles. The number of hydrogen-bond donors (Lipinski definition) is 1. The van der Waals surface area contributed by atoms with Crippen LogP contribution in [0.15, 0.2) is 53.4 Å². The van der Waals surface area contributed by atoms with E-state index >= 15 is 0 Å². The average Bonchev–Trinajstić information content (AvgIpc) is 2.80. The third kappa shape index (κ3) is 8.20. The van der Waals surface area contributed by atoms with E-state index < -0.39 is 21.6 Å². The molecule has 0 fully saturated rings. The van der Waals surface area contributed by atoms with Crippen molar-refractivity contribution in [3.8, 4) is 0 Å². The fourth-order valence-corrected chi connectivity index (χ4v) is 5.46. The summed E-state index contributed by atoms with van der Waals surface area (Å²) in [5.74, 6) is -0.558. The second kappa shape index (κ2) is 12.9. The van der Waals surface area contributed by atoms with Crippen molar-refractivity contribution in [3.05, 3.63) is 64.1 Å². The van der Waals surface area contributed by atoms with Gasteiger partial charge >= 0.3 is 0 Å². The lowest BCUT2D eigenvalue weighted by Crippen LogP contribution is -2.53. The van der Waals surface area contributed by atoms with Gasteiger partial charge in [0.25, 0.3) is 0 Å². The standard InChI is InChI=1S/C26H35Cl2N3O4S/c1-6-23(25(33)29-26(2,3)4)31(18-20-21(27)14-10-15-22(20)28)24(32)16-11-17-30(5)36(34,35)19-12-8-7-9-13-19/h7-10,12-15,23H,6,11,16-18H2,1-5H3,(H,29,33). The Labute approximate surface area is 224 Å². The second-order valence-electron chi connectivity index (χ2n) is 9.63. The summed E-state index contributed by atoms with van der Waals surface area (Å²) in [6.45, 7) is 7.66. The molecule has 198 valence electrons. The lowest BCUT2D eigenvalue weighted by molar-refractivity contribution is -0.142. The summed E-state index contributed by atoms with van der Waals surface area (Å²) < 4.78 is 26.8. The summed E-state index contributed by atoms with van der Waals surface area (Å²) in [5.41, 5.74) is 0.0791. The summed E-state index contributed by atoms with van der Waals surface area (Å²) in [5, 5.41) is 3.75. The minimum absolute atomic E-state index is 0.0516. The summed E-state index contributed by atoms with van der Waals surface area (Å²) in [4.78, 5) is 28.2. The largest absolute Gasteiger partial charge is 0.350 e. The normalized spacial score (nSPS) is 12.9. The third-order valence-corrected chi connectivity index (χ3v) is 8.17. The van der Waals surface area contributed by atoms with E-state index in [4.69, 9.17) is 23.2 Å². The van der Waals surface area contributed by atoms with Crippen molar-refractivity contribution >= 4 is 45.0 Å². The van der Waals surface area contributed by atoms with Crippen molar-refractivity contribution in [3.63, 3.8) is 0 Å². The van der Waals surface area contributed by atoms with E-state index in [0.717, 1.165) is 0 Å². The van der Waals surface area contributed by atoms with E-state index in [2.05, 4.69) is 5.32 Å². The van der Waals surface area contributed by atoms with Crippen molar-refractivity contribution in [1.82, 2.24) is 14.5 Å². The van der Waals surface area contributed by atoms with Crippen LogP contribution in [0.4, 0.5) is 0 Å². The highest BCUT2D eigenvalue weighted by molar-refractivity contribution is 7.89. The van der Waals surface area contributed by atoms with Gasteiger partial charge in [-0.05, 0) is 57.9 Å². The number of rotatable bonds is 11. The molecule has 2 aromatic carbocycles. The first-order valence-corrected chi connectivity index (χ1v) is 14.0. The number of halogens is 2. The second-order valence-corrected chi connectivity index (χ2v) is 12.5. The highest BCUT2D eigenvalue weighted by Crippen LogP contribution is 2.27. The molecule has 0 radical (unpaired) electrons. The van der Waals surface area contributed by atoms with Crippen LogP contribution in [0.2, 0.25) is 10.0 Å². The zero-order valence-corrected chi connectivity index (χ0v) is 23.8. The van der Waals surface area contributed by atoms with E-state index in [9.17, 15) is 18.0 Å². The van der Waals surface area contributed by atoms with Crippen LogP contribution in [0.3, 0.4) is 0 Å². The van der Waals surface area contributed by atoms with Crippen LogP contribution >= 0.6 is 23.2 Å². The number of carbonyl (C=O) groups excluding carboxylic acids is 2. The van der Waals surface area contributed by atoms with Crippen LogP contribution in [0, 0.1) is 0 Å². The molecule has 0 bridgehead atoms. The predicted octanol–water partition coefficient (Wildman–Crippen LogP) is 5.12. The quantitative estimate of drug-likeness (QED) is 0.417. The number of benzene rings is 2. The Bertz CT molecular complexity index is 1130. The van der Waals surface area contributed by atoms with Crippen LogP contribution < -0.4 is 5.32 Å². The summed E-state index contributed by atoms with van der Waals surface area (Å²) in [6, 6.07) is 12.5. The van der Waals surface area contributed by atoms with Gasteiger partial charge in [0.05, 0.1) is 4.90 Å². The third-order valence-electron chi connectivity index (χ3n) is 5.59. The van der Waals surface area contributed by atoms with Gasteiger partial charge in [0.1, 0.15) is 6.04 Å². The maximum atomic E-state index is 13.4. The molecule has 1 unspecified atom stereocenters. The summed E-state index contributed by atoms with van der Waals surface area (Å²) in [7, 11) is -2.18. The molecule has 0 aliphatic heterocycles. The smallest absolute Gasteiger partial charge is 0.243 e. The van der Waals surface area contributed by atoms with Crippen molar-refractivity contribution in [1.29, 1.82) is 0 Å². The summed E-state index contributed by atoms with van der Waals surface area (Å²) >= 11 is 12.7. The predicted molar refractivity (Wildman–Crippen MR) is 144 cm³/mol. The fraction of sp³-hybridized carbons (Fsp3) is 0.462. The van der Waals surface area contributed by atoms with Crippen LogP contribution in [0.25, 0.3) is 0 Å². The van der Waals surface area contributed by atoms with E-state index in [0.29, 0.717) is 22.0 Å². The molecular weight excluding hydrogens is 521 g/mol. The fourth-order valence-electron chi connectivity index (χ4n) is 3.72. The highest BCUT2D eigenvalue weighted by Gasteiger charge is 2.31. The monoisotopic (exact) mass is 555 g/mol. The van der Waals surface area contributed by atoms with Crippen LogP contribution in [-0.4, -0.2) is 54.6 Å². The van der Waals surface area contributed by atoms with Crippen molar-refractivity contribution in [2.75, 3.05) is 13.6 Å². The molecular formula is C26H35Cl2N3O4S. The minimum atomic E-state index is -3.66. The number of hydrogen-bond acceptors (Lipinski definition) is 4. The number of sulfonamides is 1. The van der Waals surface area contributed by atoms with Gasteiger partial charge in [-0.3, -0.25) is 9.59 Å². The lowest BCUT2D eigenvalue weighted by atomic mass is 10.0.